The maximum absolute atomic E-state index is 12.3. The highest BCUT2D eigenvalue weighted by Gasteiger charge is 2.24. The predicted molar refractivity (Wildman–Crippen MR) is 111 cm³/mol. The zero-order chi connectivity index (χ0) is 19.9. The molecule has 0 radical (unpaired) electrons. The van der Waals surface area contributed by atoms with E-state index in [9.17, 15) is 4.79 Å². The van der Waals surface area contributed by atoms with Crippen LogP contribution in [0.5, 0.6) is 5.75 Å². The van der Waals surface area contributed by atoms with Gasteiger partial charge in [0, 0.05) is 22.2 Å². The Morgan fingerprint density at radius 3 is 2.36 bits per heavy atom. The standard InChI is InChI=1S/C21H25Cl2N3O2/c1-28-19-6-2-16(3-7-19)14-25-8-10-26(11-9-25)15-21(27)24-13-17-4-5-18(22)12-20(17)23/h2-7,12H,8-11,13-15H2,1H3,(H,24,27)/p+2. The first-order valence-corrected chi connectivity index (χ1v) is 10.3. The van der Waals surface area contributed by atoms with Crippen molar-refractivity contribution >= 4 is 29.1 Å². The van der Waals surface area contributed by atoms with Crippen LogP contribution in [0.1, 0.15) is 11.1 Å². The van der Waals surface area contributed by atoms with E-state index in [1.807, 2.05) is 18.2 Å². The molecule has 28 heavy (non-hydrogen) atoms. The number of halogens is 2. The third-order valence-electron chi connectivity index (χ3n) is 5.18. The van der Waals surface area contributed by atoms with Crippen LogP contribution in [0.4, 0.5) is 0 Å². The molecule has 0 aliphatic carbocycles. The van der Waals surface area contributed by atoms with Gasteiger partial charge in [-0.25, -0.2) is 0 Å². The first-order valence-electron chi connectivity index (χ1n) is 9.54. The number of benzene rings is 2. The van der Waals surface area contributed by atoms with Crippen LogP contribution in [0.3, 0.4) is 0 Å². The topological polar surface area (TPSA) is 47.2 Å². The van der Waals surface area contributed by atoms with Crippen molar-refractivity contribution in [1.29, 1.82) is 0 Å². The molecule has 2 aromatic carbocycles. The van der Waals surface area contributed by atoms with Crippen molar-refractivity contribution in [3.63, 3.8) is 0 Å². The third kappa shape index (κ3) is 6.11. The van der Waals surface area contributed by atoms with Crippen LogP contribution in [-0.2, 0) is 17.9 Å². The Morgan fingerprint density at radius 1 is 1.04 bits per heavy atom. The van der Waals surface area contributed by atoms with E-state index >= 15 is 0 Å². The van der Waals surface area contributed by atoms with Gasteiger partial charge in [0.2, 0.25) is 0 Å². The summed E-state index contributed by atoms with van der Waals surface area (Å²) in [4.78, 5) is 15.2. The summed E-state index contributed by atoms with van der Waals surface area (Å²) in [5.41, 5.74) is 2.19. The number of hydrogen-bond acceptors (Lipinski definition) is 2. The fraction of sp³-hybridized carbons (Fsp3) is 0.381. The number of methoxy groups -OCH3 is 1. The number of quaternary nitrogens is 2. The molecule has 1 saturated heterocycles. The van der Waals surface area contributed by atoms with E-state index in [1.54, 1.807) is 24.1 Å². The molecule has 0 atom stereocenters. The summed E-state index contributed by atoms with van der Waals surface area (Å²) in [6, 6.07) is 13.6. The predicted octanol–water partition coefficient (Wildman–Crippen LogP) is 0.602. The lowest BCUT2D eigenvalue weighted by molar-refractivity contribution is -1.02. The van der Waals surface area contributed by atoms with Crippen molar-refractivity contribution in [3.05, 3.63) is 63.6 Å². The average Bonchev–Trinajstić information content (AvgIpc) is 2.69. The van der Waals surface area contributed by atoms with Crippen LogP contribution in [-0.4, -0.2) is 45.7 Å². The molecule has 0 aromatic heterocycles. The second-order valence-corrected chi connectivity index (χ2v) is 8.06. The lowest BCUT2D eigenvalue weighted by atomic mass is 10.2. The van der Waals surface area contributed by atoms with Gasteiger partial charge in [0.1, 0.15) is 38.5 Å². The molecule has 1 amide bonds. The largest absolute Gasteiger partial charge is 0.497 e. The summed E-state index contributed by atoms with van der Waals surface area (Å²) < 4.78 is 5.21. The molecule has 1 aliphatic rings. The van der Waals surface area contributed by atoms with Crippen LogP contribution in [0, 0.1) is 0 Å². The Labute approximate surface area is 176 Å². The minimum absolute atomic E-state index is 0.0552. The molecule has 7 heteroatoms. The van der Waals surface area contributed by atoms with E-state index in [2.05, 4.69) is 17.4 Å². The zero-order valence-electron chi connectivity index (χ0n) is 16.1. The highest BCUT2D eigenvalue weighted by Crippen LogP contribution is 2.20. The first-order chi connectivity index (χ1) is 13.5. The SMILES string of the molecule is COc1ccc(C[NH+]2CC[NH+](CC(=O)NCc3ccc(Cl)cc3Cl)CC2)cc1. The van der Waals surface area contributed by atoms with Crippen LogP contribution in [0.2, 0.25) is 10.0 Å². The molecule has 0 bridgehead atoms. The number of carbonyl (C=O) groups is 1. The van der Waals surface area contributed by atoms with Crippen molar-refractivity contribution in [2.24, 2.45) is 0 Å². The van der Waals surface area contributed by atoms with Crippen molar-refractivity contribution < 1.29 is 19.3 Å². The van der Waals surface area contributed by atoms with Crippen molar-refractivity contribution in [1.82, 2.24) is 5.32 Å². The third-order valence-corrected chi connectivity index (χ3v) is 5.77. The monoisotopic (exact) mass is 423 g/mol. The molecule has 3 rings (SSSR count). The molecule has 1 aliphatic heterocycles. The Hall–Kier alpha value is -1.79. The van der Waals surface area contributed by atoms with Crippen LogP contribution < -0.4 is 19.9 Å². The van der Waals surface area contributed by atoms with E-state index in [0.717, 1.165) is 44.0 Å². The summed E-state index contributed by atoms with van der Waals surface area (Å²) in [6.07, 6.45) is 0. The number of amides is 1. The summed E-state index contributed by atoms with van der Waals surface area (Å²) >= 11 is 12.1. The highest BCUT2D eigenvalue weighted by molar-refractivity contribution is 6.35. The fourth-order valence-electron chi connectivity index (χ4n) is 3.49. The average molecular weight is 424 g/mol. The minimum atomic E-state index is 0.0552. The molecule has 0 saturated carbocycles. The number of nitrogens with one attached hydrogen (secondary N) is 3. The lowest BCUT2D eigenvalue weighted by Crippen LogP contribution is -3.28. The van der Waals surface area contributed by atoms with Gasteiger partial charge in [0.25, 0.3) is 5.91 Å². The Balaban J connectivity index is 1.39. The van der Waals surface area contributed by atoms with Crippen molar-refractivity contribution in [2.75, 3.05) is 39.8 Å². The van der Waals surface area contributed by atoms with Gasteiger partial charge in [-0.2, -0.15) is 0 Å². The molecule has 2 aromatic rings. The zero-order valence-corrected chi connectivity index (χ0v) is 17.6. The fourth-order valence-corrected chi connectivity index (χ4v) is 3.97. The van der Waals surface area contributed by atoms with E-state index in [4.69, 9.17) is 27.9 Å². The van der Waals surface area contributed by atoms with Crippen LogP contribution >= 0.6 is 23.2 Å². The van der Waals surface area contributed by atoms with Crippen LogP contribution in [0.15, 0.2) is 42.5 Å². The number of hydrogen-bond donors (Lipinski definition) is 3. The molecule has 150 valence electrons. The van der Waals surface area contributed by atoms with E-state index < -0.39 is 0 Å². The quantitative estimate of drug-likeness (QED) is 0.610. The summed E-state index contributed by atoms with van der Waals surface area (Å²) in [6.45, 7) is 6.08. The van der Waals surface area contributed by atoms with Crippen LogP contribution in [0.25, 0.3) is 0 Å². The van der Waals surface area contributed by atoms with E-state index in [0.29, 0.717) is 23.1 Å². The van der Waals surface area contributed by atoms with Gasteiger partial charge in [-0.1, -0.05) is 29.3 Å². The second kappa shape index (κ2) is 10.1. The molecule has 1 heterocycles. The number of ether oxygens (including phenoxy) is 1. The van der Waals surface area contributed by atoms with Gasteiger partial charge in [-0.15, -0.1) is 0 Å². The molecular formula is C21H27Cl2N3O2+2. The molecule has 1 fully saturated rings. The summed E-state index contributed by atoms with van der Waals surface area (Å²) in [5.74, 6) is 0.943. The van der Waals surface area contributed by atoms with Gasteiger partial charge in [-0.05, 0) is 42.0 Å². The smallest absolute Gasteiger partial charge is 0.275 e. The second-order valence-electron chi connectivity index (χ2n) is 7.21. The van der Waals surface area contributed by atoms with Gasteiger partial charge >= 0.3 is 0 Å². The van der Waals surface area contributed by atoms with E-state index in [1.165, 1.54) is 10.5 Å². The van der Waals surface area contributed by atoms with Crippen molar-refractivity contribution in [3.8, 4) is 5.75 Å². The van der Waals surface area contributed by atoms with Gasteiger partial charge in [0.15, 0.2) is 6.54 Å². The maximum Gasteiger partial charge on any atom is 0.275 e. The minimum Gasteiger partial charge on any atom is -0.497 e. The lowest BCUT2D eigenvalue weighted by Gasteiger charge is -2.29. The Morgan fingerprint density at radius 2 is 1.71 bits per heavy atom. The normalized spacial score (nSPS) is 19.2. The van der Waals surface area contributed by atoms with Gasteiger partial charge in [0.05, 0.1) is 7.11 Å². The van der Waals surface area contributed by atoms with Gasteiger partial charge < -0.3 is 19.9 Å². The molecule has 5 nitrogen and oxygen atoms in total. The maximum atomic E-state index is 12.3. The number of carbonyl (C=O) groups excluding carboxylic acids is 1. The summed E-state index contributed by atoms with van der Waals surface area (Å²) in [5, 5.41) is 4.14. The molecule has 0 spiro atoms. The summed E-state index contributed by atoms with van der Waals surface area (Å²) in [7, 11) is 1.68. The first kappa shape index (κ1) is 20.9. The van der Waals surface area contributed by atoms with Gasteiger partial charge in [-0.3, -0.25) is 4.79 Å². The molecular weight excluding hydrogens is 397 g/mol. The number of piperazine rings is 1. The van der Waals surface area contributed by atoms with E-state index in [-0.39, 0.29) is 5.91 Å². The highest BCUT2D eigenvalue weighted by atomic mass is 35.5. The Bertz CT molecular complexity index is 791. The molecule has 0 unspecified atom stereocenters. The van der Waals surface area contributed by atoms with Crippen molar-refractivity contribution in [2.45, 2.75) is 13.1 Å². The Kier molecular flexibility index (Phi) is 7.57. The number of rotatable bonds is 7. The molecule has 3 N–H and O–H groups in total.